The zero-order valence-corrected chi connectivity index (χ0v) is 49.9. The molecular formula is C62H60Cl4F2N6O10. The van der Waals surface area contributed by atoms with Gasteiger partial charge in [-0.2, -0.15) is 0 Å². The first-order chi connectivity index (χ1) is 39.5. The number of rotatable bonds is 12. The van der Waals surface area contributed by atoms with Gasteiger partial charge in [0.05, 0.1) is 57.6 Å². The van der Waals surface area contributed by atoms with E-state index in [-0.39, 0.29) is 101 Å². The van der Waals surface area contributed by atoms with E-state index in [0.717, 1.165) is 0 Å². The highest BCUT2D eigenvalue weighted by molar-refractivity contribution is 6.31. The first-order valence-electron chi connectivity index (χ1n) is 26.8. The van der Waals surface area contributed by atoms with E-state index in [1.807, 2.05) is 41.5 Å². The lowest BCUT2D eigenvalue weighted by Gasteiger charge is -2.38. The SMILES string of the molecule is COc1cc(C(=O)O)ccc1NC(=O)[C@@H]1C[C@@H](CC(C)(C)C)[C@@]2(C(=O)Nc3cc(Cl)ncc32)[C@H]1c1cccc(Cl)c1F.COc1cc(C(=O)O)ccc1NC(=O)[C@H]1C[C@H](CC(C)(C)C)[C@]2(C(=O)Nc3cc(Cl)ncc32)[C@@H]1c1cccc(Cl)c1F. The zero-order chi connectivity index (χ0) is 61.1. The third kappa shape index (κ3) is 11.1. The Kier molecular flexibility index (Phi) is 16.9. The van der Waals surface area contributed by atoms with Crippen LogP contribution in [0.1, 0.15) is 122 Å². The number of carboxylic acid groups (broad SMARTS) is 2. The number of fused-ring (bicyclic) bond motifs is 4. The van der Waals surface area contributed by atoms with E-state index in [1.54, 1.807) is 36.4 Å². The van der Waals surface area contributed by atoms with Crippen LogP contribution >= 0.6 is 46.4 Å². The fourth-order valence-electron chi connectivity index (χ4n) is 13.5. The number of carboxylic acids is 2. The van der Waals surface area contributed by atoms with Crippen LogP contribution in [0.25, 0.3) is 0 Å². The van der Waals surface area contributed by atoms with Gasteiger partial charge >= 0.3 is 11.9 Å². The third-order valence-electron chi connectivity index (χ3n) is 16.5. The summed E-state index contributed by atoms with van der Waals surface area (Å²) in [6, 6.07) is 20.5. The molecule has 0 bridgehead atoms. The minimum absolute atomic E-state index is 0.0146. The third-order valence-corrected chi connectivity index (χ3v) is 17.5. The summed E-state index contributed by atoms with van der Waals surface area (Å²) in [4.78, 5) is 88.4. The quantitative estimate of drug-likeness (QED) is 0.0628. The molecule has 4 heterocycles. The second-order valence-corrected chi connectivity index (χ2v) is 25.6. The average molecular weight is 1230 g/mol. The summed E-state index contributed by atoms with van der Waals surface area (Å²) >= 11 is 24.9. The highest BCUT2D eigenvalue weighted by atomic mass is 35.5. The van der Waals surface area contributed by atoms with Crippen molar-refractivity contribution < 1.29 is 57.2 Å². The summed E-state index contributed by atoms with van der Waals surface area (Å²) in [7, 11) is 2.73. The number of carbonyl (C=O) groups excluding carboxylic acids is 4. The maximum Gasteiger partial charge on any atom is 0.335 e. The Labute approximate surface area is 503 Å². The molecule has 440 valence electrons. The van der Waals surface area contributed by atoms with E-state index in [4.69, 9.17) is 55.9 Å². The van der Waals surface area contributed by atoms with Crippen molar-refractivity contribution in [3.63, 3.8) is 0 Å². The molecule has 2 spiro atoms. The first-order valence-corrected chi connectivity index (χ1v) is 28.3. The average Bonchev–Trinajstić information content (AvgIpc) is 1.74. The molecule has 2 saturated carbocycles. The van der Waals surface area contributed by atoms with Crippen molar-refractivity contribution >= 4 is 105 Å². The molecule has 8 atom stereocenters. The number of ether oxygens (including phenoxy) is 2. The van der Waals surface area contributed by atoms with Crippen molar-refractivity contribution in [3.05, 3.63) is 163 Å². The second-order valence-electron chi connectivity index (χ2n) is 24.0. The molecule has 4 amide bonds. The van der Waals surface area contributed by atoms with Gasteiger partial charge in [-0.1, -0.05) is 112 Å². The maximum absolute atomic E-state index is 15.9. The molecule has 6 N–H and O–H groups in total. The molecule has 4 aliphatic rings. The number of amides is 4. The number of methoxy groups -OCH3 is 2. The van der Waals surface area contributed by atoms with E-state index in [9.17, 15) is 39.0 Å². The van der Waals surface area contributed by atoms with Gasteiger partial charge in [0.25, 0.3) is 0 Å². The Bertz CT molecular complexity index is 3450. The normalized spacial score (nSPS) is 23.0. The van der Waals surface area contributed by atoms with Gasteiger partial charge in [0.1, 0.15) is 33.4 Å². The van der Waals surface area contributed by atoms with Crippen molar-refractivity contribution in [2.24, 2.45) is 34.5 Å². The fraction of sp³-hybridized carbons (Fsp3) is 0.355. The van der Waals surface area contributed by atoms with Crippen LogP contribution in [0.5, 0.6) is 11.5 Å². The van der Waals surface area contributed by atoms with Crippen LogP contribution < -0.4 is 30.7 Å². The van der Waals surface area contributed by atoms with E-state index < -0.39 is 81.7 Å². The number of pyridine rings is 2. The monoisotopic (exact) mass is 1230 g/mol. The topological polar surface area (TPSA) is 235 Å². The smallest absolute Gasteiger partial charge is 0.335 e. The molecule has 16 nitrogen and oxygen atoms in total. The van der Waals surface area contributed by atoms with E-state index >= 15 is 8.78 Å². The molecule has 2 aliphatic heterocycles. The molecule has 22 heteroatoms. The van der Waals surface area contributed by atoms with Crippen molar-refractivity contribution in [2.75, 3.05) is 35.5 Å². The lowest BCUT2D eigenvalue weighted by Crippen LogP contribution is -2.45. The lowest BCUT2D eigenvalue weighted by atomic mass is 9.62. The number of anilines is 4. The van der Waals surface area contributed by atoms with Crippen LogP contribution in [0.2, 0.25) is 20.4 Å². The molecule has 6 aromatic rings. The summed E-state index contributed by atoms with van der Waals surface area (Å²) in [5, 5.41) is 30.5. The van der Waals surface area contributed by atoms with E-state index in [0.29, 0.717) is 35.3 Å². The Hall–Kier alpha value is -7.38. The molecule has 4 aromatic carbocycles. The van der Waals surface area contributed by atoms with Gasteiger partial charge in [0, 0.05) is 58.6 Å². The summed E-state index contributed by atoms with van der Waals surface area (Å²) < 4.78 is 42.6. The van der Waals surface area contributed by atoms with Crippen LogP contribution in [-0.4, -0.2) is 70.0 Å². The number of hydrogen-bond acceptors (Lipinski definition) is 10. The van der Waals surface area contributed by atoms with Crippen molar-refractivity contribution in [2.45, 2.75) is 89.9 Å². The fourth-order valence-corrected chi connectivity index (χ4v) is 14.2. The number of aromatic carboxylic acids is 2. The Morgan fingerprint density at radius 3 is 1.31 bits per heavy atom. The van der Waals surface area contributed by atoms with Crippen LogP contribution in [-0.2, 0) is 30.0 Å². The number of nitrogens with one attached hydrogen (secondary N) is 4. The Morgan fingerprint density at radius 2 is 0.976 bits per heavy atom. The predicted molar refractivity (Wildman–Crippen MR) is 316 cm³/mol. The van der Waals surface area contributed by atoms with Gasteiger partial charge in [-0.3, -0.25) is 19.2 Å². The summed E-state index contributed by atoms with van der Waals surface area (Å²) in [5.41, 5.74) is -0.422. The van der Waals surface area contributed by atoms with Gasteiger partial charge in [0.15, 0.2) is 0 Å². The minimum atomic E-state index is -1.36. The molecule has 0 unspecified atom stereocenters. The van der Waals surface area contributed by atoms with Gasteiger partial charge < -0.3 is 41.0 Å². The maximum atomic E-state index is 15.9. The number of aromatic nitrogens is 2. The summed E-state index contributed by atoms with van der Waals surface area (Å²) in [6.45, 7) is 12.3. The molecule has 0 radical (unpaired) electrons. The highest BCUT2D eigenvalue weighted by Crippen LogP contribution is 2.66. The number of halogens is 6. The van der Waals surface area contributed by atoms with E-state index in [1.165, 1.54) is 75.1 Å². The molecular weight excluding hydrogens is 1170 g/mol. The summed E-state index contributed by atoms with van der Waals surface area (Å²) in [6.07, 6.45) is 4.67. The van der Waals surface area contributed by atoms with Gasteiger partial charge in [0.2, 0.25) is 23.6 Å². The first kappa shape index (κ1) is 61.2. The molecule has 2 aliphatic carbocycles. The van der Waals surface area contributed by atoms with Crippen molar-refractivity contribution in [1.82, 2.24) is 9.97 Å². The number of nitrogens with zero attached hydrogens (tertiary/aromatic N) is 2. The van der Waals surface area contributed by atoms with Crippen LogP contribution in [0.3, 0.4) is 0 Å². The summed E-state index contributed by atoms with van der Waals surface area (Å²) in [5.74, 6) is -9.56. The molecule has 0 saturated heterocycles. The van der Waals surface area contributed by atoms with Gasteiger partial charge in [-0.25, -0.2) is 28.3 Å². The number of hydrogen-bond donors (Lipinski definition) is 6. The minimum Gasteiger partial charge on any atom is -0.495 e. The number of carbonyl (C=O) groups is 6. The molecule has 2 fully saturated rings. The van der Waals surface area contributed by atoms with E-state index in [2.05, 4.69) is 31.2 Å². The van der Waals surface area contributed by atoms with Gasteiger partial charge in [-0.05, 0) is 120 Å². The van der Waals surface area contributed by atoms with Gasteiger partial charge in [-0.15, -0.1) is 0 Å². The molecule has 2 aromatic heterocycles. The Balaban J connectivity index is 0.000000202. The van der Waals surface area contributed by atoms with Crippen molar-refractivity contribution in [3.8, 4) is 11.5 Å². The highest BCUT2D eigenvalue weighted by Gasteiger charge is 2.68. The van der Waals surface area contributed by atoms with Crippen molar-refractivity contribution in [1.29, 1.82) is 0 Å². The van der Waals surface area contributed by atoms with Crippen LogP contribution in [0.15, 0.2) is 97.3 Å². The lowest BCUT2D eigenvalue weighted by molar-refractivity contribution is -0.125. The zero-order valence-electron chi connectivity index (χ0n) is 46.9. The van der Waals surface area contributed by atoms with Crippen LogP contribution in [0.4, 0.5) is 31.5 Å². The molecule has 10 rings (SSSR count). The number of benzene rings is 4. The van der Waals surface area contributed by atoms with Crippen LogP contribution in [0, 0.1) is 46.1 Å². The standard InChI is InChI=1S/2C31H30Cl2FN3O5/c2*1-30(2,3)13-16-11-18(27(38)36-21-9-8-15(28(39)40)10-23(21)42-4)25(17-6-5-7-20(32)26(17)34)31(16)19-14-35-24(33)12-22(19)37-29(31)41/h2*5-10,12,14,16,18,25H,11,13H2,1-4H3,(H,36,38)(H,37,41)(H,39,40)/t2*16-,18+,25-,31-/m10/s1. The largest absolute Gasteiger partial charge is 0.495 e. The predicted octanol–water partition coefficient (Wildman–Crippen LogP) is 13.8. The Morgan fingerprint density at radius 1 is 0.607 bits per heavy atom. The second kappa shape index (κ2) is 23.2. The molecule has 84 heavy (non-hydrogen) atoms.